The van der Waals surface area contributed by atoms with Crippen molar-refractivity contribution in [3.05, 3.63) is 41.2 Å². The van der Waals surface area contributed by atoms with Crippen LogP contribution in [-0.2, 0) is 4.79 Å². The molecule has 1 N–H and O–H groups in total. The Morgan fingerprint density at radius 3 is 2.60 bits per heavy atom. The van der Waals surface area contributed by atoms with E-state index in [1.54, 1.807) is 19.1 Å². The molecule has 1 aliphatic carbocycles. The Hall–Kier alpha value is -1.64. The van der Waals surface area contributed by atoms with E-state index in [0.717, 1.165) is 0 Å². The number of hydrogen-bond acceptors (Lipinski definition) is 1. The van der Waals surface area contributed by atoms with Gasteiger partial charge in [0.1, 0.15) is 5.82 Å². The minimum absolute atomic E-state index is 0.0220. The number of hydrogen-bond donors (Lipinski definition) is 1. The van der Waals surface area contributed by atoms with Crippen LogP contribution in [0.25, 0.3) is 0 Å². The summed E-state index contributed by atoms with van der Waals surface area (Å²) < 4.78 is 13.5. The second kappa shape index (κ2) is 5.04. The van der Waals surface area contributed by atoms with Gasteiger partial charge in [0.05, 0.1) is 5.92 Å². The molecule has 1 aliphatic rings. The van der Waals surface area contributed by atoms with Gasteiger partial charge in [-0.05, 0) is 44.2 Å². The fraction of sp³-hybridized carbons (Fsp3) is 0.471. The van der Waals surface area contributed by atoms with E-state index in [9.17, 15) is 9.18 Å². The highest BCUT2D eigenvalue weighted by molar-refractivity contribution is 5.96. The van der Waals surface area contributed by atoms with Gasteiger partial charge in [-0.1, -0.05) is 31.6 Å². The summed E-state index contributed by atoms with van der Waals surface area (Å²) in [6.45, 7) is 9.95. The molecule has 2 atom stereocenters. The van der Waals surface area contributed by atoms with Crippen molar-refractivity contribution in [2.45, 2.75) is 34.6 Å². The highest BCUT2D eigenvalue weighted by atomic mass is 19.1. The smallest absolute Gasteiger partial charge is 0.228 e. The standard InChI is InChI=1S/C17H22FNO/c1-10(2)9-12-15(17(12,4)5)16(20)19-14-8-6-7-13(18)11(14)3/h6-9,12,15H,1-5H3,(H,19,20)/t12-,15-/m0/s1. The Kier molecular flexibility index (Phi) is 3.72. The number of amides is 1. The van der Waals surface area contributed by atoms with Gasteiger partial charge >= 0.3 is 0 Å². The number of benzene rings is 1. The summed E-state index contributed by atoms with van der Waals surface area (Å²) in [5, 5.41) is 2.86. The maximum atomic E-state index is 13.5. The molecule has 3 heteroatoms. The number of allylic oxidation sites excluding steroid dienone is 2. The van der Waals surface area contributed by atoms with E-state index in [1.165, 1.54) is 11.6 Å². The molecule has 0 aromatic heterocycles. The molecular formula is C17H22FNO. The largest absolute Gasteiger partial charge is 0.325 e. The van der Waals surface area contributed by atoms with Gasteiger partial charge in [-0.2, -0.15) is 0 Å². The second-order valence-corrected chi connectivity index (χ2v) is 6.47. The van der Waals surface area contributed by atoms with Crippen LogP contribution >= 0.6 is 0 Å². The Morgan fingerprint density at radius 1 is 1.35 bits per heavy atom. The van der Waals surface area contributed by atoms with Gasteiger partial charge in [-0.3, -0.25) is 4.79 Å². The van der Waals surface area contributed by atoms with Crippen molar-refractivity contribution in [3.63, 3.8) is 0 Å². The zero-order valence-corrected chi connectivity index (χ0v) is 12.8. The minimum atomic E-state index is -0.293. The molecule has 1 aromatic carbocycles. The van der Waals surface area contributed by atoms with Crippen molar-refractivity contribution < 1.29 is 9.18 Å². The molecule has 0 aliphatic heterocycles. The molecule has 0 bridgehead atoms. The number of nitrogens with one attached hydrogen (secondary N) is 1. The van der Waals surface area contributed by atoms with Crippen molar-refractivity contribution >= 4 is 11.6 Å². The molecule has 2 rings (SSSR count). The van der Waals surface area contributed by atoms with Crippen LogP contribution in [-0.4, -0.2) is 5.91 Å². The molecular weight excluding hydrogens is 253 g/mol. The Balaban J connectivity index is 2.14. The summed E-state index contributed by atoms with van der Waals surface area (Å²) in [5.74, 6) is -0.0914. The summed E-state index contributed by atoms with van der Waals surface area (Å²) >= 11 is 0. The Morgan fingerprint density at radius 2 is 2.00 bits per heavy atom. The van der Waals surface area contributed by atoms with Gasteiger partial charge in [-0.25, -0.2) is 4.39 Å². The summed E-state index contributed by atoms with van der Waals surface area (Å²) in [5.41, 5.74) is 2.25. The van der Waals surface area contributed by atoms with Crippen molar-refractivity contribution in [3.8, 4) is 0 Å². The summed E-state index contributed by atoms with van der Waals surface area (Å²) in [6.07, 6.45) is 2.16. The minimum Gasteiger partial charge on any atom is -0.325 e. The van der Waals surface area contributed by atoms with E-state index >= 15 is 0 Å². The highest BCUT2D eigenvalue weighted by Crippen LogP contribution is 2.59. The van der Waals surface area contributed by atoms with Crippen LogP contribution in [0, 0.1) is 30.0 Å². The predicted molar refractivity (Wildman–Crippen MR) is 80.0 cm³/mol. The fourth-order valence-electron chi connectivity index (χ4n) is 2.80. The quantitative estimate of drug-likeness (QED) is 0.818. The molecule has 108 valence electrons. The second-order valence-electron chi connectivity index (χ2n) is 6.47. The van der Waals surface area contributed by atoms with Gasteiger partial charge in [0.2, 0.25) is 5.91 Å². The van der Waals surface area contributed by atoms with Crippen LogP contribution in [0.1, 0.15) is 33.3 Å². The Bertz CT molecular complexity index is 570. The third-order valence-corrected chi connectivity index (χ3v) is 4.23. The van der Waals surface area contributed by atoms with Crippen LogP contribution in [0.15, 0.2) is 29.8 Å². The number of carbonyl (C=O) groups is 1. The van der Waals surface area contributed by atoms with Crippen LogP contribution in [0.2, 0.25) is 0 Å². The SMILES string of the molecule is CC(C)=C[C@H]1[C@@H](C(=O)Nc2cccc(F)c2C)C1(C)C. The Labute approximate surface area is 120 Å². The van der Waals surface area contributed by atoms with E-state index in [0.29, 0.717) is 11.3 Å². The van der Waals surface area contributed by atoms with Gasteiger partial charge in [0, 0.05) is 11.3 Å². The average Bonchev–Trinajstić information content (AvgIpc) is 2.86. The van der Waals surface area contributed by atoms with Crippen LogP contribution < -0.4 is 5.32 Å². The van der Waals surface area contributed by atoms with Gasteiger partial charge in [0.15, 0.2) is 0 Å². The average molecular weight is 275 g/mol. The molecule has 1 saturated carbocycles. The van der Waals surface area contributed by atoms with Crippen molar-refractivity contribution in [2.75, 3.05) is 5.32 Å². The maximum absolute atomic E-state index is 13.5. The molecule has 20 heavy (non-hydrogen) atoms. The van der Waals surface area contributed by atoms with Crippen molar-refractivity contribution in [1.29, 1.82) is 0 Å². The van der Waals surface area contributed by atoms with E-state index in [1.807, 2.05) is 13.8 Å². The van der Waals surface area contributed by atoms with E-state index in [2.05, 4.69) is 25.2 Å². The predicted octanol–water partition coefficient (Wildman–Crippen LogP) is 4.31. The molecule has 1 fully saturated rings. The lowest BCUT2D eigenvalue weighted by Gasteiger charge is -2.09. The third-order valence-electron chi connectivity index (χ3n) is 4.23. The first-order chi connectivity index (χ1) is 9.25. The summed E-state index contributed by atoms with van der Waals surface area (Å²) in [7, 11) is 0. The maximum Gasteiger partial charge on any atom is 0.228 e. The normalized spacial score (nSPS) is 23.1. The molecule has 0 heterocycles. The lowest BCUT2D eigenvalue weighted by molar-refractivity contribution is -0.118. The molecule has 1 amide bonds. The van der Waals surface area contributed by atoms with Crippen molar-refractivity contribution in [2.24, 2.45) is 17.3 Å². The molecule has 0 radical (unpaired) electrons. The number of anilines is 1. The lowest BCUT2D eigenvalue weighted by Crippen LogP contribution is -2.17. The van der Waals surface area contributed by atoms with E-state index in [-0.39, 0.29) is 29.0 Å². The summed E-state index contributed by atoms with van der Waals surface area (Å²) in [6, 6.07) is 4.75. The number of carbonyl (C=O) groups excluding carboxylic acids is 1. The van der Waals surface area contributed by atoms with E-state index in [4.69, 9.17) is 0 Å². The highest BCUT2D eigenvalue weighted by Gasteiger charge is 2.60. The fourth-order valence-corrected chi connectivity index (χ4v) is 2.80. The summed E-state index contributed by atoms with van der Waals surface area (Å²) in [4.78, 5) is 12.4. The van der Waals surface area contributed by atoms with Gasteiger partial charge in [-0.15, -0.1) is 0 Å². The van der Waals surface area contributed by atoms with Gasteiger partial charge < -0.3 is 5.32 Å². The molecule has 2 nitrogen and oxygen atoms in total. The first kappa shape index (κ1) is 14.8. The number of halogens is 1. The number of rotatable bonds is 3. The molecule has 1 aromatic rings. The van der Waals surface area contributed by atoms with Crippen LogP contribution in [0.4, 0.5) is 10.1 Å². The van der Waals surface area contributed by atoms with Crippen molar-refractivity contribution in [1.82, 2.24) is 0 Å². The van der Waals surface area contributed by atoms with Crippen LogP contribution in [0.3, 0.4) is 0 Å². The topological polar surface area (TPSA) is 29.1 Å². The van der Waals surface area contributed by atoms with Gasteiger partial charge in [0.25, 0.3) is 0 Å². The lowest BCUT2D eigenvalue weighted by atomic mass is 10.1. The first-order valence-electron chi connectivity index (χ1n) is 6.96. The zero-order valence-electron chi connectivity index (χ0n) is 12.8. The monoisotopic (exact) mass is 275 g/mol. The first-order valence-corrected chi connectivity index (χ1v) is 6.96. The molecule has 0 saturated heterocycles. The van der Waals surface area contributed by atoms with Crippen LogP contribution in [0.5, 0.6) is 0 Å². The third kappa shape index (κ3) is 2.62. The zero-order chi connectivity index (χ0) is 15.1. The molecule has 0 unspecified atom stereocenters. The molecule has 0 spiro atoms. The van der Waals surface area contributed by atoms with E-state index < -0.39 is 0 Å².